The van der Waals surface area contributed by atoms with Gasteiger partial charge in [-0.05, 0) is 36.5 Å². The maximum atomic E-state index is 6.22. The number of benzene rings is 1. The van der Waals surface area contributed by atoms with E-state index in [1.807, 2.05) is 6.07 Å². The van der Waals surface area contributed by atoms with Crippen LogP contribution in [0.1, 0.15) is 55.8 Å². The van der Waals surface area contributed by atoms with Crippen LogP contribution in [0.5, 0.6) is 0 Å². The van der Waals surface area contributed by atoms with E-state index in [1.165, 1.54) is 11.1 Å². The molecule has 21 heavy (non-hydrogen) atoms. The Bertz CT molecular complexity index is 659. The molecule has 2 nitrogen and oxygen atoms in total. The van der Waals surface area contributed by atoms with E-state index in [9.17, 15) is 0 Å². The monoisotopic (exact) mass is 300 g/mol. The predicted molar refractivity (Wildman–Crippen MR) is 87.0 cm³/mol. The van der Waals surface area contributed by atoms with E-state index in [0.29, 0.717) is 11.1 Å². The standard InChI is InChI=1S/C18H21ClN2/c1-18(2,3)15-11-16(19)21-17(20-15)14-9-8-12-6-4-5-7-13(12)10-14/h4-7,11,14H,8-10H2,1-3H3. The van der Waals surface area contributed by atoms with Crippen LogP contribution in [0.2, 0.25) is 5.15 Å². The van der Waals surface area contributed by atoms with E-state index in [-0.39, 0.29) is 5.41 Å². The summed E-state index contributed by atoms with van der Waals surface area (Å²) in [7, 11) is 0. The van der Waals surface area contributed by atoms with Gasteiger partial charge in [-0.25, -0.2) is 9.97 Å². The molecule has 0 bridgehead atoms. The Labute approximate surface area is 131 Å². The number of nitrogens with zero attached hydrogens (tertiary/aromatic N) is 2. The summed E-state index contributed by atoms with van der Waals surface area (Å²) in [6, 6.07) is 10.6. The van der Waals surface area contributed by atoms with Crippen molar-refractivity contribution in [3.63, 3.8) is 0 Å². The van der Waals surface area contributed by atoms with Gasteiger partial charge in [0.1, 0.15) is 11.0 Å². The van der Waals surface area contributed by atoms with Gasteiger partial charge in [-0.3, -0.25) is 0 Å². The minimum atomic E-state index is -0.00605. The van der Waals surface area contributed by atoms with Gasteiger partial charge in [0.15, 0.2) is 0 Å². The molecule has 1 aliphatic rings. The normalized spacial score (nSPS) is 18.4. The minimum absolute atomic E-state index is 0.00605. The van der Waals surface area contributed by atoms with E-state index in [2.05, 4.69) is 50.0 Å². The van der Waals surface area contributed by atoms with E-state index in [1.54, 1.807) is 0 Å². The number of aryl methyl sites for hydroxylation is 1. The van der Waals surface area contributed by atoms with Crippen molar-refractivity contribution >= 4 is 11.6 Å². The Balaban J connectivity index is 1.94. The molecule has 0 fully saturated rings. The third-order valence-corrected chi connectivity index (χ3v) is 4.39. The molecule has 0 saturated heterocycles. The topological polar surface area (TPSA) is 25.8 Å². The molecular weight excluding hydrogens is 280 g/mol. The van der Waals surface area contributed by atoms with Crippen molar-refractivity contribution in [2.45, 2.75) is 51.4 Å². The zero-order valence-corrected chi connectivity index (χ0v) is 13.6. The van der Waals surface area contributed by atoms with Crippen molar-refractivity contribution in [2.75, 3.05) is 0 Å². The fourth-order valence-corrected chi connectivity index (χ4v) is 3.11. The third kappa shape index (κ3) is 3.11. The highest BCUT2D eigenvalue weighted by molar-refractivity contribution is 6.29. The lowest BCUT2D eigenvalue weighted by Gasteiger charge is -2.25. The van der Waals surface area contributed by atoms with Gasteiger partial charge in [0, 0.05) is 11.3 Å². The minimum Gasteiger partial charge on any atom is -0.237 e. The third-order valence-electron chi connectivity index (χ3n) is 4.19. The van der Waals surface area contributed by atoms with Gasteiger partial charge >= 0.3 is 0 Å². The second-order valence-corrected chi connectivity index (χ2v) is 7.28. The summed E-state index contributed by atoms with van der Waals surface area (Å²) in [6.07, 6.45) is 3.21. The zero-order chi connectivity index (χ0) is 15.0. The van der Waals surface area contributed by atoms with Gasteiger partial charge in [-0.15, -0.1) is 0 Å². The molecule has 1 aromatic carbocycles. The number of rotatable bonds is 1. The van der Waals surface area contributed by atoms with Crippen molar-refractivity contribution in [1.29, 1.82) is 0 Å². The Morgan fingerprint density at radius 2 is 1.81 bits per heavy atom. The average Bonchev–Trinajstić information content (AvgIpc) is 2.45. The molecule has 110 valence electrons. The van der Waals surface area contributed by atoms with Crippen LogP contribution in [0.25, 0.3) is 0 Å². The van der Waals surface area contributed by atoms with E-state index < -0.39 is 0 Å². The second kappa shape index (κ2) is 5.42. The lowest BCUT2D eigenvalue weighted by Crippen LogP contribution is -2.19. The first kappa shape index (κ1) is 14.5. The van der Waals surface area contributed by atoms with E-state index in [4.69, 9.17) is 16.6 Å². The average molecular weight is 301 g/mol. The smallest absolute Gasteiger partial charge is 0.133 e. The number of fused-ring (bicyclic) bond motifs is 1. The van der Waals surface area contributed by atoms with Gasteiger partial charge in [0.25, 0.3) is 0 Å². The van der Waals surface area contributed by atoms with Crippen LogP contribution in [0.4, 0.5) is 0 Å². The van der Waals surface area contributed by atoms with E-state index >= 15 is 0 Å². The van der Waals surface area contributed by atoms with Crippen LogP contribution in [-0.2, 0) is 18.3 Å². The molecule has 1 aromatic heterocycles. The molecule has 1 heterocycles. The van der Waals surface area contributed by atoms with Crippen molar-refractivity contribution < 1.29 is 0 Å². The van der Waals surface area contributed by atoms with Gasteiger partial charge in [-0.2, -0.15) is 0 Å². The van der Waals surface area contributed by atoms with Gasteiger partial charge in [-0.1, -0.05) is 56.6 Å². The molecule has 0 saturated carbocycles. The first-order valence-corrected chi connectivity index (χ1v) is 7.93. The molecule has 3 rings (SSSR count). The molecule has 1 atom stereocenters. The van der Waals surface area contributed by atoms with E-state index in [0.717, 1.165) is 30.8 Å². The summed E-state index contributed by atoms with van der Waals surface area (Å²) in [4.78, 5) is 9.30. The van der Waals surface area contributed by atoms with Crippen LogP contribution in [0.3, 0.4) is 0 Å². The summed E-state index contributed by atoms with van der Waals surface area (Å²) in [5.41, 5.74) is 3.91. The largest absolute Gasteiger partial charge is 0.237 e. The zero-order valence-electron chi connectivity index (χ0n) is 12.9. The summed E-state index contributed by atoms with van der Waals surface area (Å²) < 4.78 is 0. The number of aromatic nitrogens is 2. The van der Waals surface area contributed by atoms with Gasteiger partial charge in [0.2, 0.25) is 0 Å². The number of hydrogen-bond acceptors (Lipinski definition) is 2. The lowest BCUT2D eigenvalue weighted by molar-refractivity contribution is 0.525. The molecule has 1 aliphatic carbocycles. The van der Waals surface area contributed by atoms with Crippen LogP contribution in [0, 0.1) is 0 Å². The molecule has 0 spiro atoms. The molecule has 0 amide bonds. The predicted octanol–water partition coefficient (Wildman–Crippen LogP) is 4.70. The molecule has 3 heteroatoms. The highest BCUT2D eigenvalue weighted by atomic mass is 35.5. The first-order chi connectivity index (χ1) is 9.93. The fraction of sp³-hybridized carbons (Fsp3) is 0.444. The highest BCUT2D eigenvalue weighted by Gasteiger charge is 2.25. The lowest BCUT2D eigenvalue weighted by atomic mass is 9.83. The molecule has 0 N–H and O–H groups in total. The maximum absolute atomic E-state index is 6.22. The summed E-state index contributed by atoms with van der Waals surface area (Å²) in [5, 5.41) is 0.559. The Kier molecular flexibility index (Phi) is 3.75. The highest BCUT2D eigenvalue weighted by Crippen LogP contribution is 2.32. The van der Waals surface area contributed by atoms with Crippen molar-refractivity contribution in [2.24, 2.45) is 0 Å². The van der Waals surface area contributed by atoms with Crippen LogP contribution in [-0.4, -0.2) is 9.97 Å². The van der Waals surface area contributed by atoms with Crippen molar-refractivity contribution in [3.8, 4) is 0 Å². The Hall–Kier alpha value is -1.41. The second-order valence-electron chi connectivity index (χ2n) is 6.89. The van der Waals surface area contributed by atoms with Crippen LogP contribution in [0.15, 0.2) is 30.3 Å². The Morgan fingerprint density at radius 1 is 1.10 bits per heavy atom. The molecule has 0 aliphatic heterocycles. The van der Waals surface area contributed by atoms with Gasteiger partial charge in [0.05, 0.1) is 5.69 Å². The fourth-order valence-electron chi connectivity index (χ4n) is 2.92. The van der Waals surface area contributed by atoms with Gasteiger partial charge < -0.3 is 0 Å². The quantitative estimate of drug-likeness (QED) is 0.713. The number of halogens is 1. The Morgan fingerprint density at radius 3 is 2.52 bits per heavy atom. The summed E-state index contributed by atoms with van der Waals surface area (Å²) >= 11 is 6.22. The first-order valence-electron chi connectivity index (χ1n) is 7.55. The molecular formula is C18H21ClN2. The van der Waals surface area contributed by atoms with Crippen molar-refractivity contribution in [3.05, 3.63) is 58.1 Å². The SMILES string of the molecule is CC(C)(C)c1cc(Cl)nc(C2CCc3ccccc3C2)n1. The summed E-state index contributed by atoms with van der Waals surface area (Å²) in [5.74, 6) is 1.28. The van der Waals surface area contributed by atoms with Crippen LogP contribution >= 0.6 is 11.6 Å². The molecule has 0 radical (unpaired) electrons. The van der Waals surface area contributed by atoms with Crippen molar-refractivity contribution in [1.82, 2.24) is 9.97 Å². The van der Waals surface area contributed by atoms with Crippen LogP contribution < -0.4 is 0 Å². The number of hydrogen-bond donors (Lipinski definition) is 0. The summed E-state index contributed by atoms with van der Waals surface area (Å²) in [6.45, 7) is 6.48. The maximum Gasteiger partial charge on any atom is 0.133 e. The molecule has 1 unspecified atom stereocenters. The molecule has 2 aromatic rings.